The van der Waals surface area contributed by atoms with Crippen molar-refractivity contribution in [3.05, 3.63) is 11.8 Å². The van der Waals surface area contributed by atoms with Crippen LogP contribution in [0.25, 0.3) is 0 Å². The molecule has 0 aliphatic rings. The Hall–Kier alpha value is -0.720. The normalized spacial score (nSPS) is 13.6. The fraction of sp³-hybridized carbons (Fsp3) is 0.833. The van der Waals surface area contributed by atoms with Crippen LogP contribution < -0.4 is 0 Å². The van der Waals surface area contributed by atoms with E-state index in [-0.39, 0.29) is 12.2 Å². The third-order valence-corrected chi connectivity index (χ3v) is 3.43. The maximum atomic E-state index is 12.2. The molecular formula is C12H21F3O3S. The van der Waals surface area contributed by atoms with Crippen molar-refractivity contribution in [2.75, 3.05) is 0 Å². The molecular weight excluding hydrogens is 281 g/mol. The number of hydrogen-bond acceptors (Lipinski definition) is 3. The highest BCUT2D eigenvalue weighted by atomic mass is 32.2. The molecule has 0 saturated carbocycles. The molecule has 0 N–H and O–H groups in total. The predicted octanol–water partition coefficient (Wildman–Crippen LogP) is 4.51. The van der Waals surface area contributed by atoms with Gasteiger partial charge in [-0.2, -0.15) is 21.6 Å². The molecule has 0 atom stereocenters. The fourth-order valence-electron chi connectivity index (χ4n) is 1.45. The maximum absolute atomic E-state index is 12.2. The molecule has 0 aromatic rings. The zero-order valence-electron chi connectivity index (χ0n) is 11.3. The maximum Gasteiger partial charge on any atom is 0.534 e. The van der Waals surface area contributed by atoms with E-state index in [9.17, 15) is 21.6 Å². The van der Waals surface area contributed by atoms with Crippen molar-refractivity contribution in [1.82, 2.24) is 0 Å². The zero-order chi connectivity index (χ0) is 14.9. The highest BCUT2D eigenvalue weighted by molar-refractivity contribution is 7.87. The van der Waals surface area contributed by atoms with Crippen molar-refractivity contribution in [3.8, 4) is 0 Å². The van der Waals surface area contributed by atoms with Crippen molar-refractivity contribution in [2.24, 2.45) is 0 Å². The van der Waals surface area contributed by atoms with Gasteiger partial charge in [0.15, 0.2) is 0 Å². The monoisotopic (exact) mass is 302 g/mol. The van der Waals surface area contributed by atoms with Gasteiger partial charge in [0.05, 0.1) is 0 Å². The Labute approximate surface area is 113 Å². The third kappa shape index (κ3) is 7.44. The lowest BCUT2D eigenvalue weighted by Gasteiger charge is -2.12. The number of halogens is 3. The largest absolute Gasteiger partial charge is 0.534 e. The average Bonchev–Trinajstić information content (AvgIpc) is 2.27. The van der Waals surface area contributed by atoms with Crippen molar-refractivity contribution in [2.45, 2.75) is 64.3 Å². The van der Waals surface area contributed by atoms with Crippen LogP contribution in [0.3, 0.4) is 0 Å². The van der Waals surface area contributed by atoms with Gasteiger partial charge in [0.2, 0.25) is 0 Å². The second-order valence-electron chi connectivity index (χ2n) is 4.25. The summed E-state index contributed by atoms with van der Waals surface area (Å²) in [6.07, 6.45) is 6.58. The second-order valence-corrected chi connectivity index (χ2v) is 5.79. The summed E-state index contributed by atoms with van der Waals surface area (Å²) in [6.45, 7) is 3.80. The standard InChI is InChI=1S/C12H21F3O3S/c1-3-5-6-7-8-10-11(9-4-2)18-19(16,17)12(13,14)15/h10H,3-9H2,1-2H3. The van der Waals surface area contributed by atoms with Gasteiger partial charge in [-0.05, 0) is 25.3 Å². The summed E-state index contributed by atoms with van der Waals surface area (Å²) in [5, 5.41) is 0. The SMILES string of the molecule is CCCCCCC=C(CCC)OS(=O)(=O)C(F)(F)F. The molecule has 0 aliphatic heterocycles. The Morgan fingerprint density at radius 2 is 1.74 bits per heavy atom. The lowest BCUT2D eigenvalue weighted by molar-refractivity contribution is -0.0523. The van der Waals surface area contributed by atoms with E-state index in [1.807, 2.05) is 0 Å². The van der Waals surface area contributed by atoms with Gasteiger partial charge in [0, 0.05) is 6.42 Å². The minimum absolute atomic E-state index is 0.115. The van der Waals surface area contributed by atoms with Gasteiger partial charge in [-0.3, -0.25) is 0 Å². The van der Waals surface area contributed by atoms with E-state index in [0.717, 1.165) is 25.7 Å². The molecule has 0 fully saturated rings. The van der Waals surface area contributed by atoms with Crippen LogP contribution in [-0.2, 0) is 14.3 Å². The van der Waals surface area contributed by atoms with E-state index in [2.05, 4.69) is 11.1 Å². The van der Waals surface area contributed by atoms with Gasteiger partial charge in [-0.25, -0.2) is 0 Å². The molecule has 0 heterocycles. The van der Waals surface area contributed by atoms with Crippen LogP contribution >= 0.6 is 0 Å². The van der Waals surface area contributed by atoms with Crippen LogP contribution in [0.5, 0.6) is 0 Å². The van der Waals surface area contributed by atoms with Crippen molar-refractivity contribution in [3.63, 3.8) is 0 Å². The summed E-state index contributed by atoms with van der Waals surface area (Å²) in [5.41, 5.74) is -5.37. The summed E-state index contributed by atoms with van der Waals surface area (Å²) in [7, 11) is -5.53. The van der Waals surface area contributed by atoms with Gasteiger partial charge in [-0.15, -0.1) is 0 Å². The first-order valence-corrected chi connectivity index (χ1v) is 7.85. The number of unbranched alkanes of at least 4 members (excludes halogenated alkanes) is 4. The van der Waals surface area contributed by atoms with Crippen LogP contribution in [0.4, 0.5) is 13.2 Å². The minimum Gasteiger partial charge on any atom is -0.381 e. The van der Waals surface area contributed by atoms with Crippen LogP contribution in [-0.4, -0.2) is 13.9 Å². The molecule has 0 rings (SSSR count). The average molecular weight is 302 g/mol. The molecule has 0 saturated heterocycles. The topological polar surface area (TPSA) is 43.4 Å². The molecule has 0 amide bonds. The molecule has 7 heteroatoms. The van der Waals surface area contributed by atoms with Crippen LogP contribution in [0, 0.1) is 0 Å². The summed E-state index contributed by atoms with van der Waals surface area (Å²) < 4.78 is 62.5. The van der Waals surface area contributed by atoms with Gasteiger partial charge < -0.3 is 4.18 Å². The van der Waals surface area contributed by atoms with Crippen molar-refractivity contribution >= 4 is 10.1 Å². The Morgan fingerprint density at radius 3 is 2.21 bits per heavy atom. The number of rotatable bonds is 9. The van der Waals surface area contributed by atoms with Crippen molar-refractivity contribution in [1.29, 1.82) is 0 Å². The molecule has 0 aromatic heterocycles. The Balaban J connectivity index is 4.53. The Bertz CT molecular complexity index is 372. The summed E-state index contributed by atoms with van der Waals surface area (Å²) >= 11 is 0. The first-order valence-electron chi connectivity index (χ1n) is 6.44. The van der Waals surface area contributed by atoms with Crippen LogP contribution in [0.15, 0.2) is 11.8 Å². The molecule has 0 aromatic carbocycles. The van der Waals surface area contributed by atoms with E-state index in [4.69, 9.17) is 0 Å². The van der Waals surface area contributed by atoms with Gasteiger partial charge in [0.25, 0.3) is 0 Å². The molecule has 0 unspecified atom stereocenters. The van der Waals surface area contributed by atoms with E-state index in [1.54, 1.807) is 6.92 Å². The predicted molar refractivity (Wildman–Crippen MR) is 67.8 cm³/mol. The van der Waals surface area contributed by atoms with E-state index in [0.29, 0.717) is 12.8 Å². The van der Waals surface area contributed by atoms with E-state index >= 15 is 0 Å². The minimum atomic E-state index is -5.53. The van der Waals surface area contributed by atoms with E-state index in [1.165, 1.54) is 6.08 Å². The van der Waals surface area contributed by atoms with Crippen molar-refractivity contribution < 1.29 is 25.8 Å². The molecule has 3 nitrogen and oxygen atoms in total. The first-order chi connectivity index (χ1) is 8.74. The van der Waals surface area contributed by atoms with Crippen LogP contribution in [0.2, 0.25) is 0 Å². The summed E-state index contributed by atoms with van der Waals surface area (Å²) in [6, 6.07) is 0. The number of allylic oxidation sites excluding steroid dienone is 2. The fourth-order valence-corrected chi connectivity index (χ4v) is 1.97. The number of alkyl halides is 3. The molecule has 0 spiro atoms. The molecule has 0 radical (unpaired) electrons. The van der Waals surface area contributed by atoms with Gasteiger partial charge >= 0.3 is 15.6 Å². The van der Waals surface area contributed by atoms with Gasteiger partial charge in [-0.1, -0.05) is 33.1 Å². The molecule has 114 valence electrons. The lowest BCUT2D eigenvalue weighted by atomic mass is 10.1. The highest BCUT2D eigenvalue weighted by Gasteiger charge is 2.48. The molecule has 0 aliphatic carbocycles. The highest BCUT2D eigenvalue weighted by Crippen LogP contribution is 2.27. The van der Waals surface area contributed by atoms with Crippen LogP contribution in [0.1, 0.15) is 58.8 Å². The Kier molecular flexibility index (Phi) is 8.13. The molecule has 19 heavy (non-hydrogen) atoms. The van der Waals surface area contributed by atoms with E-state index < -0.39 is 15.6 Å². The lowest BCUT2D eigenvalue weighted by Crippen LogP contribution is -2.25. The smallest absolute Gasteiger partial charge is 0.381 e. The Morgan fingerprint density at radius 1 is 1.11 bits per heavy atom. The molecule has 0 bridgehead atoms. The summed E-state index contributed by atoms with van der Waals surface area (Å²) in [4.78, 5) is 0. The zero-order valence-corrected chi connectivity index (χ0v) is 12.1. The number of hydrogen-bond donors (Lipinski definition) is 0. The second kappa shape index (κ2) is 8.45. The summed E-state index contributed by atoms with van der Waals surface area (Å²) in [5.74, 6) is -0.115. The first kappa shape index (κ1) is 18.3. The third-order valence-electron chi connectivity index (χ3n) is 2.43. The quantitative estimate of drug-likeness (QED) is 0.272. The van der Waals surface area contributed by atoms with Gasteiger partial charge in [0.1, 0.15) is 5.76 Å².